The first-order valence-electron chi connectivity index (χ1n) is 9.26. The SMILES string of the molecule is CNC(=O)c1cc(C(=O)OC[C@H](C)O)cc(Cc2cccc(OC[C@H](C)O)c2)n1. The first-order chi connectivity index (χ1) is 13.8. The number of hydrogen-bond acceptors (Lipinski definition) is 7. The highest BCUT2D eigenvalue weighted by Gasteiger charge is 2.16. The molecule has 0 aliphatic heterocycles. The van der Waals surface area contributed by atoms with Crippen molar-refractivity contribution in [3.8, 4) is 5.75 Å². The summed E-state index contributed by atoms with van der Waals surface area (Å²) < 4.78 is 10.6. The summed E-state index contributed by atoms with van der Waals surface area (Å²) in [6.07, 6.45) is -1.02. The van der Waals surface area contributed by atoms with E-state index in [4.69, 9.17) is 9.47 Å². The summed E-state index contributed by atoms with van der Waals surface area (Å²) in [4.78, 5) is 28.7. The number of esters is 1. The predicted molar refractivity (Wildman–Crippen MR) is 106 cm³/mol. The topological polar surface area (TPSA) is 118 Å². The van der Waals surface area contributed by atoms with Gasteiger partial charge in [-0.2, -0.15) is 0 Å². The number of aliphatic hydroxyl groups excluding tert-OH is 2. The van der Waals surface area contributed by atoms with Gasteiger partial charge in [0.05, 0.1) is 17.8 Å². The smallest absolute Gasteiger partial charge is 0.338 e. The maximum Gasteiger partial charge on any atom is 0.338 e. The molecule has 1 heterocycles. The second-order valence-electron chi connectivity index (χ2n) is 6.74. The van der Waals surface area contributed by atoms with Crippen LogP contribution >= 0.6 is 0 Å². The maximum atomic E-state index is 12.3. The number of carbonyl (C=O) groups is 2. The van der Waals surface area contributed by atoms with Gasteiger partial charge in [-0.05, 0) is 43.7 Å². The third-order valence-electron chi connectivity index (χ3n) is 3.80. The van der Waals surface area contributed by atoms with Gasteiger partial charge < -0.3 is 25.0 Å². The number of hydrogen-bond donors (Lipinski definition) is 3. The molecule has 0 aliphatic rings. The number of ether oxygens (including phenoxy) is 2. The summed E-state index contributed by atoms with van der Waals surface area (Å²) >= 11 is 0. The van der Waals surface area contributed by atoms with E-state index in [0.29, 0.717) is 17.9 Å². The van der Waals surface area contributed by atoms with Crippen molar-refractivity contribution >= 4 is 11.9 Å². The van der Waals surface area contributed by atoms with Crippen LogP contribution in [0.2, 0.25) is 0 Å². The summed E-state index contributed by atoms with van der Waals surface area (Å²) in [6.45, 7) is 3.17. The van der Waals surface area contributed by atoms with Gasteiger partial charge in [-0.15, -0.1) is 0 Å². The Labute approximate surface area is 169 Å². The van der Waals surface area contributed by atoms with Crippen LogP contribution in [-0.4, -0.2) is 59.5 Å². The molecule has 156 valence electrons. The van der Waals surface area contributed by atoms with Gasteiger partial charge in [0.25, 0.3) is 5.91 Å². The van der Waals surface area contributed by atoms with Crippen molar-refractivity contribution in [2.24, 2.45) is 0 Å². The highest BCUT2D eigenvalue weighted by Crippen LogP contribution is 2.18. The summed E-state index contributed by atoms with van der Waals surface area (Å²) in [7, 11) is 1.48. The number of benzene rings is 1. The lowest BCUT2D eigenvalue weighted by atomic mass is 10.1. The number of carbonyl (C=O) groups excluding carboxylic acids is 2. The van der Waals surface area contributed by atoms with Crippen LogP contribution in [0.15, 0.2) is 36.4 Å². The predicted octanol–water partition coefficient (Wildman–Crippen LogP) is 1.33. The van der Waals surface area contributed by atoms with E-state index in [-0.39, 0.29) is 24.5 Å². The Balaban J connectivity index is 2.27. The van der Waals surface area contributed by atoms with Crippen molar-refractivity contribution in [1.29, 1.82) is 0 Å². The molecule has 8 nitrogen and oxygen atoms in total. The molecule has 29 heavy (non-hydrogen) atoms. The summed E-state index contributed by atoms with van der Waals surface area (Å²) in [5, 5.41) is 21.1. The van der Waals surface area contributed by atoms with Crippen molar-refractivity contribution < 1.29 is 29.3 Å². The third kappa shape index (κ3) is 7.17. The quantitative estimate of drug-likeness (QED) is 0.542. The van der Waals surface area contributed by atoms with E-state index < -0.39 is 24.1 Å². The Bertz CT molecular complexity index is 851. The molecule has 0 radical (unpaired) electrons. The van der Waals surface area contributed by atoms with Crippen molar-refractivity contribution in [1.82, 2.24) is 10.3 Å². The Morgan fingerprint density at radius 1 is 1.10 bits per heavy atom. The number of pyridine rings is 1. The molecule has 3 N–H and O–H groups in total. The van der Waals surface area contributed by atoms with Gasteiger partial charge in [0.2, 0.25) is 0 Å². The average molecular weight is 402 g/mol. The zero-order valence-corrected chi connectivity index (χ0v) is 16.7. The van der Waals surface area contributed by atoms with Crippen LogP contribution in [0.1, 0.15) is 46.0 Å². The Morgan fingerprint density at radius 3 is 2.48 bits per heavy atom. The molecule has 0 saturated heterocycles. The second kappa shape index (κ2) is 10.5. The fourth-order valence-corrected chi connectivity index (χ4v) is 2.49. The van der Waals surface area contributed by atoms with E-state index in [9.17, 15) is 19.8 Å². The van der Waals surface area contributed by atoms with Gasteiger partial charge in [0.15, 0.2) is 0 Å². The van der Waals surface area contributed by atoms with Crippen molar-refractivity contribution in [3.63, 3.8) is 0 Å². The largest absolute Gasteiger partial charge is 0.491 e. The first kappa shape index (κ1) is 22.3. The lowest BCUT2D eigenvalue weighted by molar-refractivity contribution is 0.0296. The first-order valence-corrected chi connectivity index (χ1v) is 9.26. The summed E-state index contributed by atoms with van der Waals surface area (Å²) in [5.74, 6) is -0.471. The van der Waals surface area contributed by atoms with Crippen LogP contribution in [0.5, 0.6) is 5.75 Å². The molecule has 2 aromatic rings. The highest BCUT2D eigenvalue weighted by molar-refractivity contribution is 5.96. The Hall–Kier alpha value is -2.97. The minimum absolute atomic E-state index is 0.0931. The van der Waals surface area contributed by atoms with Crippen LogP contribution < -0.4 is 10.1 Å². The molecule has 1 aromatic heterocycles. The number of amides is 1. The summed E-state index contributed by atoms with van der Waals surface area (Å²) in [6, 6.07) is 10.2. The molecular weight excluding hydrogens is 376 g/mol. The van der Waals surface area contributed by atoms with E-state index in [0.717, 1.165) is 5.56 Å². The number of rotatable bonds is 9. The minimum Gasteiger partial charge on any atom is -0.491 e. The zero-order valence-electron chi connectivity index (χ0n) is 16.7. The molecule has 0 saturated carbocycles. The van der Waals surface area contributed by atoms with Gasteiger partial charge in [-0.25, -0.2) is 9.78 Å². The fraction of sp³-hybridized carbons (Fsp3) is 0.381. The average Bonchev–Trinajstić information content (AvgIpc) is 2.69. The maximum absolute atomic E-state index is 12.3. The molecule has 0 fully saturated rings. The van der Waals surface area contributed by atoms with E-state index in [1.807, 2.05) is 18.2 Å². The molecule has 1 amide bonds. The number of nitrogens with one attached hydrogen (secondary N) is 1. The highest BCUT2D eigenvalue weighted by atomic mass is 16.5. The lowest BCUT2D eigenvalue weighted by Gasteiger charge is -2.11. The molecular formula is C21H26N2O6. The number of aliphatic hydroxyl groups is 2. The Kier molecular flexibility index (Phi) is 8.11. The van der Waals surface area contributed by atoms with Crippen LogP contribution in [-0.2, 0) is 11.2 Å². The van der Waals surface area contributed by atoms with Crippen molar-refractivity contribution in [3.05, 3.63) is 58.9 Å². The molecule has 0 spiro atoms. The molecule has 1 aromatic carbocycles. The van der Waals surface area contributed by atoms with Crippen LogP contribution in [0.4, 0.5) is 0 Å². The van der Waals surface area contributed by atoms with Crippen LogP contribution in [0.25, 0.3) is 0 Å². The minimum atomic E-state index is -0.789. The second-order valence-corrected chi connectivity index (χ2v) is 6.74. The van der Waals surface area contributed by atoms with Crippen molar-refractivity contribution in [2.75, 3.05) is 20.3 Å². The zero-order chi connectivity index (χ0) is 21.4. The molecule has 8 heteroatoms. The van der Waals surface area contributed by atoms with Gasteiger partial charge >= 0.3 is 5.97 Å². The third-order valence-corrected chi connectivity index (χ3v) is 3.80. The van der Waals surface area contributed by atoms with Gasteiger partial charge in [-0.1, -0.05) is 12.1 Å². The van der Waals surface area contributed by atoms with Crippen LogP contribution in [0, 0.1) is 0 Å². The van der Waals surface area contributed by atoms with Crippen LogP contribution in [0.3, 0.4) is 0 Å². The molecule has 2 atom stereocenters. The number of nitrogens with zero attached hydrogens (tertiary/aromatic N) is 1. The lowest BCUT2D eigenvalue weighted by Crippen LogP contribution is -2.21. The van der Waals surface area contributed by atoms with E-state index in [2.05, 4.69) is 10.3 Å². The van der Waals surface area contributed by atoms with Gasteiger partial charge in [0.1, 0.15) is 24.7 Å². The number of aromatic nitrogens is 1. The molecule has 0 aliphatic carbocycles. The van der Waals surface area contributed by atoms with Gasteiger partial charge in [-0.3, -0.25) is 4.79 Å². The summed E-state index contributed by atoms with van der Waals surface area (Å²) in [5.41, 5.74) is 1.63. The van der Waals surface area contributed by atoms with Gasteiger partial charge in [0, 0.05) is 19.2 Å². The van der Waals surface area contributed by atoms with Crippen molar-refractivity contribution in [2.45, 2.75) is 32.5 Å². The monoisotopic (exact) mass is 402 g/mol. The van der Waals surface area contributed by atoms with E-state index in [1.54, 1.807) is 19.1 Å². The molecule has 0 bridgehead atoms. The van der Waals surface area contributed by atoms with E-state index >= 15 is 0 Å². The Morgan fingerprint density at radius 2 is 1.83 bits per heavy atom. The molecule has 2 rings (SSSR count). The standard InChI is InChI=1S/C21H26N2O6/c1-13(24)11-28-18-6-4-5-15(8-18)7-17-9-16(21(27)29-12-14(2)25)10-19(23-17)20(26)22-3/h4-6,8-10,13-14,24-25H,7,11-12H2,1-3H3,(H,22,26)/t13-,14-/m0/s1. The normalized spacial score (nSPS) is 12.7. The molecule has 0 unspecified atom stereocenters. The fourth-order valence-electron chi connectivity index (χ4n) is 2.49. The van der Waals surface area contributed by atoms with E-state index in [1.165, 1.54) is 20.0 Å².